The third kappa shape index (κ3) is 3.38. The smallest absolute Gasteiger partial charge is 0.309 e. The highest BCUT2D eigenvalue weighted by atomic mass is 19.3. The van der Waals surface area contributed by atoms with Crippen LogP contribution < -0.4 is 5.32 Å². The predicted molar refractivity (Wildman–Crippen MR) is 38.7 cm³/mol. The molecule has 0 rings (SSSR count). The molecule has 0 aromatic carbocycles. The third-order valence-electron chi connectivity index (χ3n) is 1.67. The summed E-state index contributed by atoms with van der Waals surface area (Å²) in [5.74, 6) is -3.91. The van der Waals surface area contributed by atoms with E-state index < -0.39 is 24.3 Å². The van der Waals surface area contributed by atoms with Gasteiger partial charge in [0.15, 0.2) is 0 Å². The van der Waals surface area contributed by atoms with Gasteiger partial charge in [0.25, 0.3) is 0 Å². The Kier molecular flexibility index (Phi) is 3.50. The lowest BCUT2D eigenvalue weighted by Crippen LogP contribution is -2.44. The fourth-order valence-electron chi connectivity index (χ4n) is 0.755. The molecule has 0 saturated carbocycles. The first kappa shape index (κ1) is 11.7. The van der Waals surface area contributed by atoms with Crippen molar-refractivity contribution in [3.8, 4) is 0 Å². The highest BCUT2D eigenvalue weighted by molar-refractivity contribution is 4.84. The molecule has 1 nitrogen and oxygen atoms in total. The molecule has 0 fully saturated rings. The van der Waals surface area contributed by atoms with Gasteiger partial charge in [0, 0.05) is 12.0 Å². The van der Waals surface area contributed by atoms with Crippen molar-refractivity contribution in [3.05, 3.63) is 0 Å². The van der Waals surface area contributed by atoms with Gasteiger partial charge in [0.2, 0.25) is 0 Å². The van der Waals surface area contributed by atoms with Crippen molar-refractivity contribution in [1.29, 1.82) is 0 Å². The zero-order chi connectivity index (χ0) is 9.99. The van der Waals surface area contributed by atoms with E-state index in [0.29, 0.717) is 0 Å². The molecule has 0 bridgehead atoms. The molecule has 0 aliphatic heterocycles. The van der Waals surface area contributed by atoms with Crippen LogP contribution in [0.3, 0.4) is 0 Å². The Morgan fingerprint density at radius 3 is 1.92 bits per heavy atom. The van der Waals surface area contributed by atoms with E-state index in [1.54, 1.807) is 0 Å². The average molecular weight is 187 g/mol. The molecule has 12 heavy (non-hydrogen) atoms. The molecule has 0 radical (unpaired) electrons. The molecule has 0 unspecified atom stereocenters. The molecule has 1 N–H and O–H groups in total. The summed E-state index contributed by atoms with van der Waals surface area (Å²) in [5, 5.41) is 2.54. The fraction of sp³-hybridized carbons (Fsp3) is 1.00. The Balaban J connectivity index is 4.23. The van der Waals surface area contributed by atoms with Gasteiger partial charge in [0.05, 0.1) is 0 Å². The zero-order valence-electron chi connectivity index (χ0n) is 7.30. The maximum absolute atomic E-state index is 12.4. The maximum atomic E-state index is 12.4. The number of rotatable bonds is 4. The molecule has 5 heteroatoms. The van der Waals surface area contributed by atoms with Crippen LogP contribution in [0.15, 0.2) is 0 Å². The zero-order valence-corrected chi connectivity index (χ0v) is 7.30. The molecule has 0 heterocycles. The summed E-state index contributed by atoms with van der Waals surface area (Å²) in [6.45, 7) is 2.90. The molecule has 0 aliphatic carbocycles. The summed E-state index contributed by atoms with van der Waals surface area (Å²) in [5.41, 5.74) is -0.972. The molecule has 0 atom stereocenters. The first-order valence-corrected chi connectivity index (χ1v) is 3.56. The number of alkyl halides is 4. The van der Waals surface area contributed by atoms with Crippen molar-refractivity contribution in [2.24, 2.45) is 0 Å². The Bertz CT molecular complexity index is 144. The number of hydrogen-bond acceptors (Lipinski definition) is 1. The van der Waals surface area contributed by atoms with Gasteiger partial charge in [-0.1, -0.05) is 0 Å². The lowest BCUT2D eigenvalue weighted by atomic mass is 9.96. The standard InChI is InChI=1S/C7H13F4N/c1-6(2,12-3)4-7(10,11)5(8)9/h5,12H,4H2,1-3H3. The summed E-state index contributed by atoms with van der Waals surface area (Å²) < 4.78 is 48.3. The van der Waals surface area contributed by atoms with Gasteiger partial charge in [-0.2, -0.15) is 0 Å². The van der Waals surface area contributed by atoms with E-state index in [-0.39, 0.29) is 0 Å². The molecule has 0 saturated heterocycles. The normalized spacial score (nSPS) is 14.0. The van der Waals surface area contributed by atoms with E-state index in [0.717, 1.165) is 0 Å². The molecule has 0 spiro atoms. The first-order chi connectivity index (χ1) is 5.21. The van der Waals surface area contributed by atoms with Crippen LogP contribution in [0.25, 0.3) is 0 Å². The molecular formula is C7H13F4N. The van der Waals surface area contributed by atoms with E-state index in [9.17, 15) is 17.6 Å². The lowest BCUT2D eigenvalue weighted by Gasteiger charge is -2.28. The van der Waals surface area contributed by atoms with Gasteiger partial charge in [-0.05, 0) is 20.9 Å². The maximum Gasteiger partial charge on any atom is 0.309 e. The molecule has 74 valence electrons. The van der Waals surface area contributed by atoms with Crippen LogP contribution in [0.5, 0.6) is 0 Å². The van der Waals surface area contributed by atoms with Crippen molar-refractivity contribution in [2.45, 2.75) is 38.2 Å². The monoisotopic (exact) mass is 187 g/mol. The van der Waals surface area contributed by atoms with Gasteiger partial charge in [0.1, 0.15) is 0 Å². The average Bonchev–Trinajstić information content (AvgIpc) is 1.85. The van der Waals surface area contributed by atoms with Crippen LogP contribution in [0, 0.1) is 0 Å². The van der Waals surface area contributed by atoms with E-state index in [1.165, 1.54) is 20.9 Å². The summed E-state index contributed by atoms with van der Waals surface area (Å²) in [7, 11) is 1.46. The molecule has 0 aromatic rings. The summed E-state index contributed by atoms with van der Waals surface area (Å²) in [4.78, 5) is 0. The summed E-state index contributed by atoms with van der Waals surface area (Å²) in [6, 6.07) is 0. The summed E-state index contributed by atoms with van der Waals surface area (Å²) >= 11 is 0. The van der Waals surface area contributed by atoms with Gasteiger partial charge >= 0.3 is 12.3 Å². The topological polar surface area (TPSA) is 12.0 Å². The van der Waals surface area contributed by atoms with Crippen molar-refractivity contribution >= 4 is 0 Å². The van der Waals surface area contributed by atoms with Gasteiger partial charge in [-0.25, -0.2) is 17.6 Å². The highest BCUT2D eigenvalue weighted by Gasteiger charge is 2.44. The Morgan fingerprint density at radius 1 is 1.25 bits per heavy atom. The fourth-order valence-corrected chi connectivity index (χ4v) is 0.755. The molecule has 0 amide bonds. The Labute approximate surface area is 69.1 Å². The van der Waals surface area contributed by atoms with Crippen LogP contribution in [0.2, 0.25) is 0 Å². The van der Waals surface area contributed by atoms with Crippen molar-refractivity contribution in [1.82, 2.24) is 5.32 Å². The van der Waals surface area contributed by atoms with Gasteiger partial charge in [-0.15, -0.1) is 0 Å². The lowest BCUT2D eigenvalue weighted by molar-refractivity contribution is -0.143. The molecular weight excluding hydrogens is 174 g/mol. The second-order valence-corrected chi connectivity index (χ2v) is 3.37. The largest absolute Gasteiger partial charge is 0.315 e. The van der Waals surface area contributed by atoms with Crippen LogP contribution in [0.1, 0.15) is 20.3 Å². The quantitative estimate of drug-likeness (QED) is 0.666. The van der Waals surface area contributed by atoms with Crippen LogP contribution in [-0.2, 0) is 0 Å². The van der Waals surface area contributed by atoms with Crippen LogP contribution in [0.4, 0.5) is 17.6 Å². The minimum Gasteiger partial charge on any atom is -0.315 e. The van der Waals surface area contributed by atoms with E-state index in [1.807, 2.05) is 0 Å². The number of hydrogen-bond donors (Lipinski definition) is 1. The predicted octanol–water partition coefficient (Wildman–Crippen LogP) is 2.27. The first-order valence-electron chi connectivity index (χ1n) is 3.56. The minimum absolute atomic E-state index is 0.867. The Morgan fingerprint density at radius 2 is 1.67 bits per heavy atom. The van der Waals surface area contributed by atoms with Gasteiger partial charge in [-0.3, -0.25) is 0 Å². The minimum atomic E-state index is -3.91. The summed E-state index contributed by atoms with van der Waals surface area (Å²) in [6.07, 6.45) is -4.46. The number of nitrogens with one attached hydrogen (secondary N) is 1. The molecule has 0 aromatic heterocycles. The van der Waals surface area contributed by atoms with E-state index in [4.69, 9.17) is 0 Å². The second kappa shape index (κ2) is 3.60. The molecule has 0 aliphatic rings. The highest BCUT2D eigenvalue weighted by Crippen LogP contribution is 2.31. The van der Waals surface area contributed by atoms with Gasteiger partial charge < -0.3 is 5.32 Å². The van der Waals surface area contributed by atoms with Crippen LogP contribution in [-0.4, -0.2) is 24.9 Å². The van der Waals surface area contributed by atoms with E-state index >= 15 is 0 Å². The second-order valence-electron chi connectivity index (χ2n) is 3.37. The Hall–Kier alpha value is -0.320. The third-order valence-corrected chi connectivity index (χ3v) is 1.67. The number of halogens is 4. The van der Waals surface area contributed by atoms with Crippen molar-refractivity contribution in [2.75, 3.05) is 7.05 Å². The van der Waals surface area contributed by atoms with Crippen molar-refractivity contribution < 1.29 is 17.6 Å². The van der Waals surface area contributed by atoms with E-state index in [2.05, 4.69) is 5.32 Å². The van der Waals surface area contributed by atoms with Crippen LogP contribution >= 0.6 is 0 Å². The SMILES string of the molecule is CNC(C)(C)CC(F)(F)C(F)F. The van der Waals surface area contributed by atoms with Crippen molar-refractivity contribution in [3.63, 3.8) is 0 Å².